The van der Waals surface area contributed by atoms with Crippen LogP contribution in [0.25, 0.3) is 5.57 Å². The van der Waals surface area contributed by atoms with E-state index in [4.69, 9.17) is 11.6 Å². The molecule has 1 nitrogen and oxygen atoms in total. The van der Waals surface area contributed by atoms with Crippen LogP contribution in [0.5, 0.6) is 0 Å². The van der Waals surface area contributed by atoms with Crippen LogP contribution in [0.1, 0.15) is 37.8 Å². The summed E-state index contributed by atoms with van der Waals surface area (Å²) in [6, 6.07) is 6.25. The highest BCUT2D eigenvalue weighted by Gasteiger charge is 1.99. The highest BCUT2D eigenvalue weighted by molar-refractivity contribution is 6.31. The van der Waals surface area contributed by atoms with Crippen LogP contribution < -0.4 is 5.32 Å². The molecule has 1 rings (SSSR count). The van der Waals surface area contributed by atoms with E-state index in [0.29, 0.717) is 0 Å². The number of halogens is 1. The second-order valence-corrected chi connectivity index (χ2v) is 4.80. The Morgan fingerprint density at radius 1 is 1.35 bits per heavy atom. The second kappa shape index (κ2) is 7.52. The Morgan fingerprint density at radius 3 is 2.76 bits per heavy atom. The molecule has 0 amide bonds. The maximum Gasteiger partial charge on any atom is 0.0441 e. The van der Waals surface area contributed by atoms with Gasteiger partial charge in [0, 0.05) is 5.02 Å². The summed E-state index contributed by atoms with van der Waals surface area (Å²) in [5, 5.41) is 4.24. The predicted molar refractivity (Wildman–Crippen MR) is 77.6 cm³/mol. The van der Waals surface area contributed by atoms with E-state index in [1.807, 2.05) is 13.0 Å². The summed E-state index contributed by atoms with van der Waals surface area (Å²) < 4.78 is 0. The quantitative estimate of drug-likeness (QED) is 0.737. The molecular formula is C15H22ClN. The molecule has 0 spiro atoms. The van der Waals surface area contributed by atoms with Gasteiger partial charge in [0.1, 0.15) is 0 Å². The Bertz CT molecular complexity index is 383. The lowest BCUT2D eigenvalue weighted by Crippen LogP contribution is -2.15. The van der Waals surface area contributed by atoms with E-state index in [2.05, 4.69) is 37.4 Å². The summed E-state index contributed by atoms with van der Waals surface area (Å²) in [6.07, 6.45) is 4.53. The number of hydrogen-bond donors (Lipinski definition) is 1. The van der Waals surface area contributed by atoms with Gasteiger partial charge in [-0.3, -0.25) is 0 Å². The van der Waals surface area contributed by atoms with Gasteiger partial charge in [0.15, 0.2) is 0 Å². The summed E-state index contributed by atoms with van der Waals surface area (Å²) >= 11 is 6.12. The topological polar surface area (TPSA) is 12.0 Å². The van der Waals surface area contributed by atoms with Crippen LogP contribution in [-0.4, -0.2) is 13.1 Å². The van der Waals surface area contributed by atoms with Crippen molar-refractivity contribution in [2.75, 3.05) is 13.1 Å². The van der Waals surface area contributed by atoms with Crippen LogP contribution in [0.3, 0.4) is 0 Å². The molecular weight excluding hydrogens is 230 g/mol. The van der Waals surface area contributed by atoms with Gasteiger partial charge in [-0.25, -0.2) is 0 Å². The minimum Gasteiger partial charge on any atom is -0.316 e. The third-order valence-corrected chi connectivity index (χ3v) is 3.23. The summed E-state index contributed by atoms with van der Waals surface area (Å²) in [7, 11) is 0. The molecule has 0 aromatic heterocycles. The Morgan fingerprint density at radius 2 is 2.12 bits per heavy atom. The molecule has 0 aliphatic carbocycles. The van der Waals surface area contributed by atoms with Gasteiger partial charge in [-0.2, -0.15) is 0 Å². The van der Waals surface area contributed by atoms with Gasteiger partial charge in [0.25, 0.3) is 0 Å². The summed E-state index contributed by atoms with van der Waals surface area (Å²) in [6.45, 7) is 8.50. The van der Waals surface area contributed by atoms with Gasteiger partial charge in [0.05, 0.1) is 0 Å². The minimum absolute atomic E-state index is 0.847. The van der Waals surface area contributed by atoms with E-state index in [-0.39, 0.29) is 0 Å². The molecule has 0 aliphatic rings. The van der Waals surface area contributed by atoms with Gasteiger partial charge < -0.3 is 5.32 Å². The van der Waals surface area contributed by atoms with E-state index in [1.165, 1.54) is 17.6 Å². The number of benzene rings is 1. The van der Waals surface area contributed by atoms with Crippen LogP contribution >= 0.6 is 11.6 Å². The lowest BCUT2D eigenvalue weighted by Gasteiger charge is -2.05. The standard InChI is InChI=1S/C15H22ClN/c1-4-9-17-10-5-6-12(2)14-8-7-13(3)15(16)11-14/h6-8,11,17H,4-5,9-10H2,1-3H3/b12-6-. The van der Waals surface area contributed by atoms with Gasteiger partial charge in [-0.15, -0.1) is 0 Å². The zero-order valence-corrected chi connectivity index (χ0v) is 11.8. The van der Waals surface area contributed by atoms with Gasteiger partial charge in [-0.1, -0.05) is 36.7 Å². The van der Waals surface area contributed by atoms with Gasteiger partial charge >= 0.3 is 0 Å². The monoisotopic (exact) mass is 251 g/mol. The van der Waals surface area contributed by atoms with E-state index < -0.39 is 0 Å². The third-order valence-electron chi connectivity index (χ3n) is 2.83. The molecule has 0 saturated carbocycles. The number of nitrogens with one attached hydrogen (secondary N) is 1. The molecule has 2 heteroatoms. The number of rotatable bonds is 6. The fourth-order valence-electron chi connectivity index (χ4n) is 1.65. The first-order valence-corrected chi connectivity index (χ1v) is 6.67. The average Bonchev–Trinajstić information content (AvgIpc) is 2.32. The van der Waals surface area contributed by atoms with Crippen molar-refractivity contribution in [2.45, 2.75) is 33.6 Å². The lowest BCUT2D eigenvalue weighted by molar-refractivity contribution is 0.678. The highest BCUT2D eigenvalue weighted by atomic mass is 35.5. The Hall–Kier alpha value is -0.790. The van der Waals surface area contributed by atoms with Crippen molar-refractivity contribution in [1.82, 2.24) is 5.32 Å². The highest BCUT2D eigenvalue weighted by Crippen LogP contribution is 2.21. The Balaban J connectivity index is 2.53. The summed E-state index contributed by atoms with van der Waals surface area (Å²) in [5.74, 6) is 0. The first-order valence-electron chi connectivity index (χ1n) is 6.29. The molecule has 0 saturated heterocycles. The van der Waals surface area contributed by atoms with Crippen molar-refractivity contribution >= 4 is 17.2 Å². The SMILES string of the molecule is CCCNCC/C=C(/C)c1ccc(C)c(Cl)c1. The number of allylic oxidation sites excluding steroid dienone is 1. The van der Waals surface area contributed by atoms with Crippen molar-refractivity contribution < 1.29 is 0 Å². The average molecular weight is 252 g/mol. The zero-order valence-electron chi connectivity index (χ0n) is 11.0. The predicted octanol–water partition coefficient (Wildman–Crippen LogP) is 4.44. The summed E-state index contributed by atoms with van der Waals surface area (Å²) in [5.41, 5.74) is 3.65. The lowest BCUT2D eigenvalue weighted by atomic mass is 10.0. The largest absolute Gasteiger partial charge is 0.316 e. The fourth-order valence-corrected chi connectivity index (χ4v) is 1.83. The van der Waals surface area contributed by atoms with Crippen LogP contribution in [-0.2, 0) is 0 Å². The van der Waals surface area contributed by atoms with E-state index in [9.17, 15) is 0 Å². The fraction of sp³-hybridized carbons (Fsp3) is 0.467. The molecule has 1 aromatic rings. The summed E-state index contributed by atoms with van der Waals surface area (Å²) in [4.78, 5) is 0. The van der Waals surface area contributed by atoms with Crippen LogP contribution in [0, 0.1) is 6.92 Å². The zero-order chi connectivity index (χ0) is 12.7. The van der Waals surface area contributed by atoms with Gasteiger partial charge in [-0.05, 0) is 62.5 Å². The van der Waals surface area contributed by atoms with Crippen LogP contribution in [0.15, 0.2) is 24.3 Å². The number of aryl methyl sites for hydroxylation is 1. The Labute approximate surface area is 110 Å². The molecule has 17 heavy (non-hydrogen) atoms. The molecule has 1 aromatic carbocycles. The Kier molecular flexibility index (Phi) is 6.31. The first kappa shape index (κ1) is 14.3. The molecule has 0 bridgehead atoms. The van der Waals surface area contributed by atoms with E-state index >= 15 is 0 Å². The molecule has 0 atom stereocenters. The van der Waals surface area contributed by atoms with Crippen LogP contribution in [0.4, 0.5) is 0 Å². The second-order valence-electron chi connectivity index (χ2n) is 4.39. The van der Waals surface area contributed by atoms with Crippen molar-refractivity contribution in [3.05, 3.63) is 40.4 Å². The van der Waals surface area contributed by atoms with Gasteiger partial charge in [0.2, 0.25) is 0 Å². The molecule has 94 valence electrons. The van der Waals surface area contributed by atoms with Crippen molar-refractivity contribution in [3.63, 3.8) is 0 Å². The molecule has 0 unspecified atom stereocenters. The minimum atomic E-state index is 0.847. The molecule has 0 aliphatic heterocycles. The van der Waals surface area contributed by atoms with E-state index in [0.717, 1.165) is 30.1 Å². The molecule has 0 radical (unpaired) electrons. The van der Waals surface area contributed by atoms with Crippen molar-refractivity contribution in [2.24, 2.45) is 0 Å². The van der Waals surface area contributed by atoms with Crippen molar-refractivity contribution in [1.29, 1.82) is 0 Å². The van der Waals surface area contributed by atoms with Crippen LogP contribution in [0.2, 0.25) is 5.02 Å². The smallest absolute Gasteiger partial charge is 0.0441 e. The normalized spacial score (nSPS) is 11.9. The van der Waals surface area contributed by atoms with E-state index in [1.54, 1.807) is 0 Å². The first-order chi connectivity index (χ1) is 8.15. The molecule has 1 N–H and O–H groups in total. The van der Waals surface area contributed by atoms with Crippen molar-refractivity contribution in [3.8, 4) is 0 Å². The molecule has 0 fully saturated rings. The maximum absolute atomic E-state index is 6.12. The maximum atomic E-state index is 6.12. The number of hydrogen-bond acceptors (Lipinski definition) is 1. The third kappa shape index (κ3) is 4.93. The molecule has 0 heterocycles.